The number of rotatable bonds is 2. The van der Waals surface area contributed by atoms with Gasteiger partial charge in [0.05, 0.1) is 11.9 Å². The van der Waals surface area contributed by atoms with Gasteiger partial charge >= 0.3 is 0 Å². The van der Waals surface area contributed by atoms with Crippen molar-refractivity contribution in [1.29, 1.82) is 0 Å². The molecule has 0 aliphatic heterocycles. The average Bonchev–Trinajstić information content (AvgIpc) is 2.33. The monoisotopic (exact) mass is 249 g/mol. The summed E-state index contributed by atoms with van der Waals surface area (Å²) >= 11 is 5.75. The van der Waals surface area contributed by atoms with Gasteiger partial charge in [-0.25, -0.2) is 0 Å². The lowest BCUT2D eigenvalue weighted by Crippen LogP contribution is -2.21. The summed E-state index contributed by atoms with van der Waals surface area (Å²) in [6, 6.07) is 5.17. The molecule has 0 unspecified atom stereocenters. The molecule has 88 valence electrons. The van der Waals surface area contributed by atoms with Crippen LogP contribution in [0.25, 0.3) is 5.69 Å². The molecule has 2 rings (SSSR count). The van der Waals surface area contributed by atoms with Crippen LogP contribution in [0.1, 0.15) is 25.5 Å². The Kier molecular flexibility index (Phi) is 3.24. The van der Waals surface area contributed by atoms with Gasteiger partial charge in [-0.1, -0.05) is 25.4 Å². The van der Waals surface area contributed by atoms with Gasteiger partial charge in [0.2, 0.25) is 0 Å². The number of hydrogen-bond donors (Lipinski definition) is 0. The Morgan fingerprint density at radius 2 is 2.06 bits per heavy atom. The third-order valence-electron chi connectivity index (χ3n) is 2.41. The molecule has 0 aliphatic carbocycles. The molecule has 0 bridgehead atoms. The Hall–Kier alpha value is -1.68. The van der Waals surface area contributed by atoms with E-state index in [1.54, 1.807) is 6.20 Å². The molecule has 0 spiro atoms. The summed E-state index contributed by atoms with van der Waals surface area (Å²) in [5.74, 6) is 0.355. The van der Waals surface area contributed by atoms with E-state index in [4.69, 9.17) is 11.6 Å². The van der Waals surface area contributed by atoms with Crippen LogP contribution in [-0.4, -0.2) is 14.8 Å². The minimum Gasteiger partial charge on any atom is -0.266 e. The molecule has 0 aliphatic rings. The molecule has 2 heterocycles. The Bertz CT molecular complexity index is 575. The van der Waals surface area contributed by atoms with Gasteiger partial charge in [0, 0.05) is 11.9 Å². The van der Waals surface area contributed by atoms with Crippen molar-refractivity contribution in [2.75, 3.05) is 0 Å². The van der Waals surface area contributed by atoms with Gasteiger partial charge < -0.3 is 0 Å². The molecule has 2 aromatic heterocycles. The highest BCUT2D eigenvalue weighted by Gasteiger charge is 2.06. The fourth-order valence-corrected chi connectivity index (χ4v) is 1.57. The van der Waals surface area contributed by atoms with Crippen molar-refractivity contribution < 1.29 is 0 Å². The molecule has 4 nitrogen and oxygen atoms in total. The van der Waals surface area contributed by atoms with Crippen LogP contribution in [0.3, 0.4) is 0 Å². The molecule has 5 heteroatoms. The van der Waals surface area contributed by atoms with Crippen LogP contribution in [0.5, 0.6) is 0 Å². The molecule has 0 fully saturated rings. The first-order valence-electron chi connectivity index (χ1n) is 5.30. The largest absolute Gasteiger partial charge is 0.290 e. The van der Waals surface area contributed by atoms with Crippen LogP contribution >= 0.6 is 11.6 Å². The first kappa shape index (κ1) is 11.8. The summed E-state index contributed by atoms with van der Waals surface area (Å²) in [6.45, 7) is 4.12. The zero-order chi connectivity index (χ0) is 12.4. The van der Waals surface area contributed by atoms with E-state index < -0.39 is 0 Å². The van der Waals surface area contributed by atoms with Crippen LogP contribution in [0, 0.1) is 0 Å². The molecule has 17 heavy (non-hydrogen) atoms. The Labute approximate surface area is 104 Å². The second-order valence-corrected chi connectivity index (χ2v) is 4.40. The van der Waals surface area contributed by atoms with Gasteiger partial charge in [0.25, 0.3) is 5.56 Å². The van der Waals surface area contributed by atoms with Gasteiger partial charge in [0.15, 0.2) is 0 Å². The first-order valence-corrected chi connectivity index (χ1v) is 5.67. The fraction of sp³-hybridized carbons (Fsp3) is 0.250. The summed E-state index contributed by atoms with van der Waals surface area (Å²) in [6.07, 6.45) is 3.11. The van der Waals surface area contributed by atoms with E-state index in [-0.39, 0.29) is 10.6 Å². The molecular formula is C12H12ClN3O. The van der Waals surface area contributed by atoms with Crippen LogP contribution < -0.4 is 5.56 Å². The lowest BCUT2D eigenvalue weighted by atomic mass is 10.1. The summed E-state index contributed by atoms with van der Waals surface area (Å²) < 4.78 is 1.24. The Balaban J connectivity index is 2.47. The van der Waals surface area contributed by atoms with Crippen LogP contribution in [0.4, 0.5) is 0 Å². The summed E-state index contributed by atoms with van der Waals surface area (Å²) in [5.41, 5.74) is 1.25. The van der Waals surface area contributed by atoms with Gasteiger partial charge in [0.1, 0.15) is 5.02 Å². The lowest BCUT2D eigenvalue weighted by Gasteiger charge is -2.07. The predicted octanol–water partition coefficient (Wildman–Crippen LogP) is 2.40. The van der Waals surface area contributed by atoms with E-state index in [1.165, 1.54) is 16.9 Å². The van der Waals surface area contributed by atoms with Gasteiger partial charge in [-0.15, -0.1) is 0 Å². The van der Waals surface area contributed by atoms with E-state index in [1.807, 2.05) is 12.1 Å². The molecular weight excluding hydrogens is 238 g/mol. The minimum absolute atomic E-state index is 0.146. The van der Waals surface area contributed by atoms with Crippen molar-refractivity contribution in [2.45, 2.75) is 19.8 Å². The lowest BCUT2D eigenvalue weighted by molar-refractivity contribution is 0.785. The maximum Gasteiger partial charge on any atom is 0.290 e. The molecule has 2 aromatic rings. The fourth-order valence-electron chi connectivity index (χ4n) is 1.44. The van der Waals surface area contributed by atoms with E-state index in [9.17, 15) is 4.79 Å². The molecule has 0 saturated heterocycles. The first-order chi connectivity index (χ1) is 8.09. The normalized spacial score (nSPS) is 10.8. The van der Waals surface area contributed by atoms with Crippen molar-refractivity contribution in [3.05, 3.63) is 51.7 Å². The molecule has 0 N–H and O–H groups in total. The van der Waals surface area contributed by atoms with Crippen LogP contribution in [-0.2, 0) is 0 Å². The van der Waals surface area contributed by atoms with Gasteiger partial charge in [-0.3, -0.25) is 9.78 Å². The van der Waals surface area contributed by atoms with Gasteiger partial charge in [-0.2, -0.15) is 9.78 Å². The van der Waals surface area contributed by atoms with E-state index >= 15 is 0 Å². The smallest absolute Gasteiger partial charge is 0.266 e. The zero-order valence-corrected chi connectivity index (χ0v) is 10.3. The number of nitrogens with zero attached hydrogens (tertiary/aromatic N) is 3. The third-order valence-corrected chi connectivity index (χ3v) is 2.69. The van der Waals surface area contributed by atoms with Crippen molar-refractivity contribution in [3.8, 4) is 5.69 Å². The minimum atomic E-state index is -0.340. The van der Waals surface area contributed by atoms with E-state index in [0.717, 1.165) is 5.69 Å². The number of halogens is 1. The maximum absolute atomic E-state index is 11.7. The highest BCUT2D eigenvalue weighted by molar-refractivity contribution is 6.30. The Morgan fingerprint density at radius 1 is 1.29 bits per heavy atom. The summed E-state index contributed by atoms with van der Waals surface area (Å²) in [5, 5.41) is 4.11. The SMILES string of the molecule is CC(C)c1ccc(-n2nccc(Cl)c2=O)cn1. The maximum atomic E-state index is 11.7. The summed E-state index contributed by atoms with van der Waals surface area (Å²) in [7, 11) is 0. The third kappa shape index (κ3) is 2.36. The number of aromatic nitrogens is 3. The van der Waals surface area contributed by atoms with E-state index in [2.05, 4.69) is 23.9 Å². The highest BCUT2D eigenvalue weighted by atomic mass is 35.5. The highest BCUT2D eigenvalue weighted by Crippen LogP contribution is 2.12. The molecule has 0 radical (unpaired) electrons. The zero-order valence-electron chi connectivity index (χ0n) is 9.59. The van der Waals surface area contributed by atoms with Crippen molar-refractivity contribution in [1.82, 2.24) is 14.8 Å². The van der Waals surface area contributed by atoms with Crippen molar-refractivity contribution in [3.63, 3.8) is 0 Å². The molecule has 0 aromatic carbocycles. The quantitative estimate of drug-likeness (QED) is 0.821. The second-order valence-electron chi connectivity index (χ2n) is 3.99. The number of pyridine rings is 1. The molecule has 0 atom stereocenters. The van der Waals surface area contributed by atoms with E-state index in [0.29, 0.717) is 11.6 Å². The van der Waals surface area contributed by atoms with Crippen molar-refractivity contribution >= 4 is 11.6 Å². The van der Waals surface area contributed by atoms with Gasteiger partial charge in [-0.05, 0) is 24.1 Å². The predicted molar refractivity (Wildman–Crippen MR) is 66.7 cm³/mol. The molecule has 0 amide bonds. The van der Waals surface area contributed by atoms with Crippen LogP contribution in [0.15, 0.2) is 35.4 Å². The summed E-state index contributed by atoms with van der Waals surface area (Å²) in [4.78, 5) is 16.0. The average molecular weight is 250 g/mol. The topological polar surface area (TPSA) is 47.8 Å². The molecule has 0 saturated carbocycles. The standard InChI is InChI=1S/C12H12ClN3O/c1-8(2)11-4-3-9(7-14-11)16-12(17)10(13)5-6-15-16/h3-8H,1-2H3. The Morgan fingerprint density at radius 3 is 2.65 bits per heavy atom. The number of hydrogen-bond acceptors (Lipinski definition) is 3. The van der Waals surface area contributed by atoms with Crippen molar-refractivity contribution in [2.24, 2.45) is 0 Å². The van der Waals surface area contributed by atoms with Crippen LogP contribution in [0.2, 0.25) is 5.02 Å². The second kappa shape index (κ2) is 4.67.